The Morgan fingerprint density at radius 3 is 2.52 bits per heavy atom. The van der Waals surface area contributed by atoms with Crippen LogP contribution in [0.4, 0.5) is 0 Å². The summed E-state index contributed by atoms with van der Waals surface area (Å²) in [5.41, 5.74) is 9.58. The number of carboxylic acids is 1. The SMILES string of the molecule is CCCC(O)C(=O)N1CCC(c2ccc(CC3CCc4cccc(-c5cccc(-n6ncc(C(=O)O)c6CC)n5)c43)c(C)c2)CC1. The van der Waals surface area contributed by atoms with E-state index in [1.807, 2.05) is 36.9 Å². The topological polar surface area (TPSA) is 109 Å². The van der Waals surface area contributed by atoms with E-state index in [2.05, 4.69) is 48.4 Å². The van der Waals surface area contributed by atoms with Gasteiger partial charge >= 0.3 is 5.97 Å². The number of hydrogen-bond donors (Lipinski definition) is 2. The Morgan fingerprint density at radius 1 is 1.02 bits per heavy atom. The number of amides is 1. The molecule has 0 saturated carbocycles. The molecule has 3 heterocycles. The number of pyridine rings is 1. The minimum Gasteiger partial charge on any atom is -0.478 e. The molecule has 0 spiro atoms. The van der Waals surface area contributed by atoms with E-state index in [0.29, 0.717) is 49.3 Å². The zero-order chi connectivity index (χ0) is 32.4. The summed E-state index contributed by atoms with van der Waals surface area (Å²) in [5, 5.41) is 24.1. The molecular formula is C38H44N4O4. The van der Waals surface area contributed by atoms with Crippen molar-refractivity contribution in [3.63, 3.8) is 0 Å². The molecule has 8 heteroatoms. The highest BCUT2D eigenvalue weighted by molar-refractivity contribution is 5.88. The van der Waals surface area contributed by atoms with Gasteiger partial charge < -0.3 is 15.1 Å². The highest BCUT2D eigenvalue weighted by Crippen LogP contribution is 2.42. The van der Waals surface area contributed by atoms with E-state index in [9.17, 15) is 19.8 Å². The number of carbonyl (C=O) groups excluding carboxylic acids is 1. The van der Waals surface area contributed by atoms with Gasteiger partial charge in [0.2, 0.25) is 0 Å². The molecule has 1 amide bonds. The Morgan fingerprint density at radius 2 is 1.80 bits per heavy atom. The van der Waals surface area contributed by atoms with E-state index in [4.69, 9.17) is 4.98 Å². The summed E-state index contributed by atoms with van der Waals surface area (Å²) in [4.78, 5) is 31.1. The van der Waals surface area contributed by atoms with E-state index in [-0.39, 0.29) is 11.5 Å². The number of aryl methyl sites for hydroxylation is 2. The number of carbonyl (C=O) groups is 2. The molecule has 1 aliphatic carbocycles. The Kier molecular flexibility index (Phi) is 9.36. The van der Waals surface area contributed by atoms with Gasteiger partial charge in [0.15, 0.2) is 5.82 Å². The van der Waals surface area contributed by atoms with Crippen LogP contribution in [0.2, 0.25) is 0 Å². The van der Waals surface area contributed by atoms with Crippen LogP contribution in [0.25, 0.3) is 17.1 Å². The standard InChI is InChI=1S/C38H44N4O4/c1-4-8-34(43)37(44)41-19-17-25(18-20-41)28-15-14-27(24(3)21-28)22-29-16-13-26-9-6-10-30(36(26)29)32-11-7-12-35(40-32)42-33(5-2)31(23-39-42)38(45)46/h6-7,9-12,14-15,21,23,25,29,34,43H,4-5,8,13,16-20,22H2,1-3H3,(H,45,46). The van der Waals surface area contributed by atoms with Crippen LogP contribution in [0.1, 0.15) is 102 Å². The number of hydrogen-bond acceptors (Lipinski definition) is 5. The summed E-state index contributed by atoms with van der Waals surface area (Å²) >= 11 is 0. The molecule has 1 saturated heterocycles. The first-order valence-electron chi connectivity index (χ1n) is 16.7. The predicted octanol–water partition coefficient (Wildman–Crippen LogP) is 6.64. The van der Waals surface area contributed by atoms with Crippen molar-refractivity contribution in [3.8, 4) is 17.1 Å². The number of rotatable bonds is 10. The average Bonchev–Trinajstić information content (AvgIpc) is 3.70. The number of nitrogens with zero attached hydrogens (tertiary/aromatic N) is 4. The van der Waals surface area contributed by atoms with Gasteiger partial charge in [-0.15, -0.1) is 0 Å². The molecule has 4 aromatic rings. The smallest absolute Gasteiger partial charge is 0.339 e. The van der Waals surface area contributed by atoms with E-state index in [0.717, 1.165) is 49.8 Å². The lowest BCUT2D eigenvalue weighted by Gasteiger charge is -2.33. The lowest BCUT2D eigenvalue weighted by atomic mass is 9.84. The zero-order valence-corrected chi connectivity index (χ0v) is 27.1. The van der Waals surface area contributed by atoms with E-state index >= 15 is 0 Å². The van der Waals surface area contributed by atoms with Crippen LogP contribution in [0.3, 0.4) is 0 Å². The number of aliphatic hydroxyl groups is 1. The van der Waals surface area contributed by atoms with Crippen molar-refractivity contribution in [2.75, 3.05) is 13.1 Å². The van der Waals surface area contributed by atoms with Gasteiger partial charge in [0, 0.05) is 18.7 Å². The first-order chi connectivity index (χ1) is 22.3. The number of piperidine rings is 1. The molecule has 2 aliphatic rings. The van der Waals surface area contributed by atoms with Crippen molar-refractivity contribution in [3.05, 3.63) is 99.9 Å². The number of fused-ring (bicyclic) bond motifs is 1. The molecule has 2 atom stereocenters. The molecule has 0 radical (unpaired) electrons. The van der Waals surface area contributed by atoms with E-state index < -0.39 is 12.1 Å². The average molecular weight is 621 g/mol. The van der Waals surface area contributed by atoms with Crippen molar-refractivity contribution in [1.82, 2.24) is 19.7 Å². The maximum absolute atomic E-state index is 12.6. The molecule has 46 heavy (non-hydrogen) atoms. The van der Waals surface area contributed by atoms with Gasteiger partial charge in [0.25, 0.3) is 5.91 Å². The third-order valence-electron chi connectivity index (χ3n) is 9.99. The largest absolute Gasteiger partial charge is 0.478 e. The molecule has 240 valence electrons. The summed E-state index contributed by atoms with van der Waals surface area (Å²) < 4.78 is 1.65. The van der Waals surface area contributed by atoms with Crippen LogP contribution in [-0.2, 0) is 24.1 Å². The van der Waals surface area contributed by atoms with Crippen LogP contribution in [0.15, 0.2) is 60.8 Å². The van der Waals surface area contributed by atoms with Crippen LogP contribution in [-0.4, -0.2) is 60.9 Å². The maximum Gasteiger partial charge on any atom is 0.339 e. The second kappa shape index (κ2) is 13.6. The molecule has 8 nitrogen and oxygen atoms in total. The van der Waals surface area contributed by atoms with Crippen LogP contribution >= 0.6 is 0 Å². The lowest BCUT2D eigenvalue weighted by Crippen LogP contribution is -2.43. The monoisotopic (exact) mass is 620 g/mol. The van der Waals surface area contributed by atoms with Gasteiger partial charge in [-0.25, -0.2) is 14.5 Å². The summed E-state index contributed by atoms with van der Waals surface area (Å²) in [6.07, 6.45) is 7.32. The van der Waals surface area contributed by atoms with Crippen LogP contribution in [0.5, 0.6) is 0 Å². The molecule has 1 aliphatic heterocycles. The molecule has 0 bridgehead atoms. The minimum atomic E-state index is -0.980. The lowest BCUT2D eigenvalue weighted by molar-refractivity contribution is -0.141. The fourth-order valence-corrected chi connectivity index (χ4v) is 7.50. The van der Waals surface area contributed by atoms with Crippen molar-refractivity contribution in [1.29, 1.82) is 0 Å². The van der Waals surface area contributed by atoms with E-state index in [1.54, 1.807) is 4.68 Å². The normalized spacial score (nSPS) is 17.2. The molecule has 2 aromatic heterocycles. The number of benzene rings is 2. The third kappa shape index (κ3) is 6.23. The first-order valence-corrected chi connectivity index (χ1v) is 16.7. The number of carboxylic acid groups (broad SMARTS) is 1. The molecule has 2 aromatic carbocycles. The highest BCUT2D eigenvalue weighted by Gasteiger charge is 2.29. The Bertz CT molecular complexity index is 1740. The summed E-state index contributed by atoms with van der Waals surface area (Å²) in [6.45, 7) is 7.53. The van der Waals surface area contributed by atoms with Crippen molar-refractivity contribution < 1.29 is 19.8 Å². The van der Waals surface area contributed by atoms with Crippen LogP contribution < -0.4 is 0 Å². The van der Waals surface area contributed by atoms with Crippen molar-refractivity contribution >= 4 is 11.9 Å². The summed E-state index contributed by atoms with van der Waals surface area (Å²) in [7, 11) is 0. The van der Waals surface area contributed by atoms with E-state index in [1.165, 1.54) is 34.0 Å². The summed E-state index contributed by atoms with van der Waals surface area (Å²) in [5.74, 6) is 0.315. The number of likely N-dealkylation sites (tertiary alicyclic amines) is 1. The quantitative estimate of drug-likeness (QED) is 0.206. The van der Waals surface area contributed by atoms with Crippen molar-refractivity contribution in [2.45, 2.75) is 90.1 Å². The molecule has 1 fully saturated rings. The third-order valence-corrected chi connectivity index (χ3v) is 9.99. The zero-order valence-electron chi connectivity index (χ0n) is 27.1. The molecule has 6 rings (SSSR count). The van der Waals surface area contributed by atoms with Gasteiger partial charge in [0.1, 0.15) is 11.7 Å². The number of aliphatic hydroxyl groups excluding tert-OH is 1. The van der Waals surface area contributed by atoms with Gasteiger partial charge in [0.05, 0.1) is 17.6 Å². The van der Waals surface area contributed by atoms with Crippen molar-refractivity contribution in [2.24, 2.45) is 0 Å². The maximum atomic E-state index is 12.6. The second-order valence-electron chi connectivity index (χ2n) is 12.9. The highest BCUT2D eigenvalue weighted by atomic mass is 16.4. The van der Waals surface area contributed by atoms with Crippen LogP contribution in [0, 0.1) is 6.92 Å². The summed E-state index contributed by atoms with van der Waals surface area (Å²) in [6, 6.07) is 19.3. The van der Waals surface area contributed by atoms with Gasteiger partial charge in [-0.05, 0) is 104 Å². The first kappa shape index (κ1) is 31.7. The predicted molar refractivity (Wildman–Crippen MR) is 179 cm³/mol. The fourth-order valence-electron chi connectivity index (χ4n) is 7.50. The van der Waals surface area contributed by atoms with Gasteiger partial charge in [-0.1, -0.05) is 62.7 Å². The second-order valence-corrected chi connectivity index (χ2v) is 12.9. The Hall–Kier alpha value is -4.30. The molecule has 2 unspecified atom stereocenters. The molecule has 2 N–H and O–H groups in total. The Balaban J connectivity index is 1.20. The minimum absolute atomic E-state index is 0.121. The fraction of sp³-hybridized carbons (Fsp3) is 0.421. The van der Waals surface area contributed by atoms with Gasteiger partial charge in [-0.3, -0.25) is 4.79 Å². The number of aromatic carboxylic acids is 1. The molecular weight excluding hydrogens is 576 g/mol. The Labute approximate surface area is 271 Å². The number of aromatic nitrogens is 3. The van der Waals surface area contributed by atoms with Gasteiger partial charge in [-0.2, -0.15) is 5.10 Å².